The highest BCUT2D eigenvalue weighted by atomic mass is 19.1. The van der Waals surface area contributed by atoms with Gasteiger partial charge in [0.25, 0.3) is 0 Å². The average Bonchev–Trinajstić information content (AvgIpc) is 2.88. The van der Waals surface area contributed by atoms with Crippen molar-refractivity contribution in [1.29, 1.82) is 5.41 Å². The van der Waals surface area contributed by atoms with Crippen LogP contribution in [-0.2, 0) is 6.54 Å². The quantitative estimate of drug-likeness (QED) is 0.197. The van der Waals surface area contributed by atoms with Gasteiger partial charge in [-0.2, -0.15) is 0 Å². The molecule has 0 aliphatic heterocycles. The number of anilines is 1. The van der Waals surface area contributed by atoms with Crippen LogP contribution in [0.2, 0.25) is 0 Å². The Bertz CT molecular complexity index is 1540. The highest BCUT2D eigenvalue weighted by molar-refractivity contribution is 5.96. The Morgan fingerprint density at radius 1 is 0.974 bits per heavy atom. The molecule has 0 radical (unpaired) electrons. The first-order chi connectivity index (χ1) is 18.2. The number of hydrogen-bond donors (Lipinski definition) is 4. The van der Waals surface area contributed by atoms with E-state index in [4.69, 9.17) is 11.1 Å². The van der Waals surface area contributed by atoms with Crippen molar-refractivity contribution in [2.24, 2.45) is 0 Å². The van der Waals surface area contributed by atoms with Gasteiger partial charge in [-0.25, -0.2) is 13.8 Å². The molecule has 38 heavy (non-hydrogen) atoms. The summed E-state index contributed by atoms with van der Waals surface area (Å²) in [6.07, 6.45) is 0. The molecule has 0 saturated heterocycles. The number of aliphatic hydroxyl groups excluding tert-OH is 1. The molecule has 5 nitrogen and oxygen atoms in total. The molecule has 5 N–H and O–H groups in total. The third-order valence-electron chi connectivity index (χ3n) is 7.59. The fourth-order valence-electron chi connectivity index (χ4n) is 5.55. The number of aryl methyl sites for hydroxylation is 2. The Hall–Kier alpha value is -4.10. The molecule has 7 heteroatoms. The predicted molar refractivity (Wildman–Crippen MR) is 146 cm³/mol. The Morgan fingerprint density at radius 3 is 2.37 bits per heavy atom. The Labute approximate surface area is 220 Å². The van der Waals surface area contributed by atoms with Crippen molar-refractivity contribution < 1.29 is 13.9 Å². The van der Waals surface area contributed by atoms with Crippen LogP contribution in [0.4, 0.5) is 14.6 Å². The lowest BCUT2D eigenvalue weighted by molar-refractivity contribution is 0.278. The Kier molecular flexibility index (Phi) is 6.71. The molecule has 0 amide bonds. The summed E-state index contributed by atoms with van der Waals surface area (Å²) in [6.45, 7) is 6.33. The maximum Gasteiger partial charge on any atom is 0.133 e. The number of amidine groups is 1. The summed E-state index contributed by atoms with van der Waals surface area (Å²) in [5.41, 5.74) is 14.4. The summed E-state index contributed by atoms with van der Waals surface area (Å²) in [5, 5.41) is 22.2. The highest BCUT2D eigenvalue weighted by Crippen LogP contribution is 2.44. The second kappa shape index (κ2) is 9.99. The number of nitrogens with zero attached hydrogens (tertiary/aromatic N) is 1. The van der Waals surface area contributed by atoms with Gasteiger partial charge in [0.05, 0.1) is 6.61 Å². The molecule has 4 aromatic rings. The van der Waals surface area contributed by atoms with E-state index in [1.54, 1.807) is 0 Å². The standard InChI is InChI=1S/C31H30F2N4O/c1-16-10-30(34)37-18(3)27(16)14-36-31(35)20-5-8-24-26(12-20)17(2)25-11-19(4-7-23(25)28(24)15-38)22-9-6-21(32)13-29(22)33/h4-13,17,28,38H,14-15H2,1-3H3,(H2,34,37)(H2,35,36)/t17-,28+/m1/s1. The number of nitrogen functional groups attached to an aromatic ring is 1. The van der Waals surface area contributed by atoms with E-state index in [9.17, 15) is 13.9 Å². The first-order valence-electron chi connectivity index (χ1n) is 12.6. The van der Waals surface area contributed by atoms with Crippen molar-refractivity contribution in [3.05, 3.63) is 117 Å². The van der Waals surface area contributed by atoms with E-state index in [1.807, 2.05) is 56.3 Å². The molecular weight excluding hydrogens is 482 g/mol. The maximum absolute atomic E-state index is 14.5. The normalized spacial score (nSPS) is 16.1. The van der Waals surface area contributed by atoms with Crippen LogP contribution >= 0.6 is 0 Å². The largest absolute Gasteiger partial charge is 0.395 e. The molecule has 0 spiro atoms. The van der Waals surface area contributed by atoms with Crippen molar-refractivity contribution >= 4 is 11.7 Å². The van der Waals surface area contributed by atoms with Gasteiger partial charge in [-0.15, -0.1) is 0 Å². The summed E-state index contributed by atoms with van der Waals surface area (Å²) < 4.78 is 28.0. The predicted octanol–water partition coefficient (Wildman–Crippen LogP) is 5.93. The van der Waals surface area contributed by atoms with Crippen LogP contribution < -0.4 is 11.1 Å². The molecule has 5 rings (SSSR count). The lowest BCUT2D eigenvalue weighted by atomic mass is 9.72. The minimum absolute atomic E-state index is 0.0511. The van der Waals surface area contributed by atoms with Gasteiger partial charge in [0.1, 0.15) is 23.3 Å². The van der Waals surface area contributed by atoms with Crippen molar-refractivity contribution in [3.8, 4) is 11.1 Å². The number of nitrogens with one attached hydrogen (secondary N) is 2. The Balaban J connectivity index is 1.46. The topological polar surface area (TPSA) is 95.0 Å². The molecule has 0 fully saturated rings. The number of fused-ring (bicyclic) bond motifs is 2. The van der Waals surface area contributed by atoms with Crippen molar-refractivity contribution in [2.75, 3.05) is 12.3 Å². The third kappa shape index (κ3) is 4.54. The molecule has 1 aromatic heterocycles. The number of aliphatic hydroxyl groups is 1. The number of hydrogen-bond acceptors (Lipinski definition) is 4. The van der Waals surface area contributed by atoms with Gasteiger partial charge in [0, 0.05) is 41.3 Å². The van der Waals surface area contributed by atoms with Gasteiger partial charge in [-0.1, -0.05) is 37.3 Å². The minimum Gasteiger partial charge on any atom is -0.395 e. The van der Waals surface area contributed by atoms with Gasteiger partial charge in [0.2, 0.25) is 0 Å². The SMILES string of the molecule is Cc1cc(N)nc(C)c1CNC(=N)c1ccc2c(c1)[C@H](C)c1cc(-c3ccc(F)cc3F)ccc1[C@@H]2CO. The molecule has 2 atom stereocenters. The fraction of sp³-hybridized carbons (Fsp3) is 0.226. The van der Waals surface area contributed by atoms with Crippen LogP contribution in [0.15, 0.2) is 60.7 Å². The number of benzene rings is 3. The number of aromatic nitrogens is 1. The Morgan fingerprint density at radius 2 is 1.68 bits per heavy atom. The second-order valence-corrected chi connectivity index (χ2v) is 9.92. The number of halogens is 2. The van der Waals surface area contributed by atoms with Crippen molar-refractivity contribution in [2.45, 2.75) is 39.2 Å². The smallest absolute Gasteiger partial charge is 0.133 e. The van der Waals surface area contributed by atoms with E-state index in [-0.39, 0.29) is 24.3 Å². The highest BCUT2D eigenvalue weighted by Gasteiger charge is 2.30. The molecule has 3 aromatic carbocycles. The molecule has 1 heterocycles. The van der Waals surface area contributed by atoms with Crippen LogP contribution in [0.25, 0.3) is 11.1 Å². The summed E-state index contributed by atoms with van der Waals surface area (Å²) in [6, 6.07) is 17.0. The van der Waals surface area contributed by atoms with E-state index in [1.165, 1.54) is 12.1 Å². The molecule has 0 bridgehead atoms. The van der Waals surface area contributed by atoms with Gasteiger partial charge in [-0.3, -0.25) is 5.41 Å². The van der Waals surface area contributed by atoms with E-state index < -0.39 is 11.6 Å². The third-order valence-corrected chi connectivity index (χ3v) is 7.59. The van der Waals surface area contributed by atoms with E-state index >= 15 is 0 Å². The van der Waals surface area contributed by atoms with Gasteiger partial charge in [-0.05, 0) is 77.1 Å². The van der Waals surface area contributed by atoms with Gasteiger partial charge >= 0.3 is 0 Å². The first-order valence-corrected chi connectivity index (χ1v) is 12.6. The summed E-state index contributed by atoms with van der Waals surface area (Å²) in [4.78, 5) is 4.33. The summed E-state index contributed by atoms with van der Waals surface area (Å²) in [7, 11) is 0. The number of rotatable bonds is 5. The zero-order valence-corrected chi connectivity index (χ0v) is 21.6. The summed E-state index contributed by atoms with van der Waals surface area (Å²) >= 11 is 0. The van der Waals surface area contributed by atoms with Crippen LogP contribution in [-0.4, -0.2) is 22.5 Å². The first kappa shape index (κ1) is 25.5. The average molecular weight is 513 g/mol. The molecule has 0 unspecified atom stereocenters. The summed E-state index contributed by atoms with van der Waals surface area (Å²) in [5.74, 6) is -0.754. The van der Waals surface area contributed by atoms with Crippen molar-refractivity contribution in [1.82, 2.24) is 10.3 Å². The van der Waals surface area contributed by atoms with Crippen molar-refractivity contribution in [3.63, 3.8) is 0 Å². The lowest BCUT2D eigenvalue weighted by Gasteiger charge is -2.32. The van der Waals surface area contributed by atoms with E-state index in [0.717, 1.165) is 50.7 Å². The van der Waals surface area contributed by atoms with Crippen LogP contribution in [0, 0.1) is 30.9 Å². The lowest BCUT2D eigenvalue weighted by Crippen LogP contribution is -2.25. The maximum atomic E-state index is 14.5. The molecule has 1 aliphatic rings. The van der Waals surface area contributed by atoms with Gasteiger partial charge < -0.3 is 16.2 Å². The van der Waals surface area contributed by atoms with Gasteiger partial charge in [0.15, 0.2) is 0 Å². The van der Waals surface area contributed by atoms with E-state index in [2.05, 4.69) is 17.2 Å². The second-order valence-electron chi connectivity index (χ2n) is 9.92. The number of pyridine rings is 1. The molecule has 0 saturated carbocycles. The number of nitrogens with two attached hydrogens (primary N) is 1. The van der Waals surface area contributed by atoms with Crippen LogP contribution in [0.3, 0.4) is 0 Å². The molecular formula is C31H30F2N4O. The monoisotopic (exact) mass is 512 g/mol. The fourth-order valence-corrected chi connectivity index (χ4v) is 5.55. The van der Waals surface area contributed by atoms with E-state index in [0.29, 0.717) is 23.5 Å². The molecule has 194 valence electrons. The zero-order chi connectivity index (χ0) is 27.1. The van der Waals surface area contributed by atoms with Crippen LogP contribution in [0.1, 0.15) is 63.4 Å². The molecule has 1 aliphatic carbocycles. The van der Waals surface area contributed by atoms with Crippen LogP contribution in [0.5, 0.6) is 0 Å². The zero-order valence-electron chi connectivity index (χ0n) is 21.6. The minimum atomic E-state index is -0.617.